The quantitative estimate of drug-likeness (QED) is 0.667. The number of halogens is 3. The molecule has 0 aromatic heterocycles. The molecule has 1 aromatic carbocycles. The standard InChI is InChI=1S/C12H13F3/c1-9(10(2)12(13,14)15)8-11-6-4-3-5-7-11/h3-7,9H,2,8H2,1H3. The Morgan fingerprint density at radius 1 is 1.27 bits per heavy atom. The van der Waals surface area contributed by atoms with Crippen molar-refractivity contribution in [3.8, 4) is 0 Å². The summed E-state index contributed by atoms with van der Waals surface area (Å²) in [5, 5.41) is 0. The van der Waals surface area contributed by atoms with E-state index in [-0.39, 0.29) is 0 Å². The molecule has 0 spiro atoms. The number of benzene rings is 1. The van der Waals surface area contributed by atoms with Gasteiger partial charge in [-0.25, -0.2) is 0 Å². The lowest BCUT2D eigenvalue weighted by atomic mass is 9.94. The zero-order valence-electron chi connectivity index (χ0n) is 8.51. The van der Waals surface area contributed by atoms with E-state index >= 15 is 0 Å². The number of alkyl halides is 3. The highest BCUT2D eigenvalue weighted by Gasteiger charge is 2.34. The molecule has 0 fully saturated rings. The molecule has 82 valence electrons. The number of rotatable bonds is 3. The molecule has 15 heavy (non-hydrogen) atoms. The molecule has 1 aromatic rings. The van der Waals surface area contributed by atoms with Gasteiger partial charge in [0.15, 0.2) is 0 Å². The maximum absolute atomic E-state index is 12.3. The second kappa shape index (κ2) is 4.51. The highest BCUT2D eigenvalue weighted by molar-refractivity contribution is 5.18. The van der Waals surface area contributed by atoms with E-state index in [1.165, 1.54) is 0 Å². The first kappa shape index (κ1) is 11.8. The molecule has 0 aliphatic heterocycles. The number of hydrogen-bond acceptors (Lipinski definition) is 0. The Bertz CT molecular complexity index is 324. The third-order valence-electron chi connectivity index (χ3n) is 2.34. The zero-order valence-corrected chi connectivity index (χ0v) is 8.51. The van der Waals surface area contributed by atoms with Crippen LogP contribution in [0.1, 0.15) is 12.5 Å². The summed E-state index contributed by atoms with van der Waals surface area (Å²) >= 11 is 0. The van der Waals surface area contributed by atoms with Gasteiger partial charge in [-0.2, -0.15) is 13.2 Å². The van der Waals surface area contributed by atoms with Gasteiger partial charge in [0.1, 0.15) is 0 Å². The van der Waals surface area contributed by atoms with Crippen molar-refractivity contribution in [1.29, 1.82) is 0 Å². The molecular weight excluding hydrogens is 201 g/mol. The largest absolute Gasteiger partial charge is 0.412 e. The van der Waals surface area contributed by atoms with Gasteiger partial charge in [-0.1, -0.05) is 43.8 Å². The summed E-state index contributed by atoms with van der Waals surface area (Å²) in [4.78, 5) is 0. The van der Waals surface area contributed by atoms with Crippen LogP contribution >= 0.6 is 0 Å². The van der Waals surface area contributed by atoms with E-state index in [0.29, 0.717) is 6.42 Å². The molecule has 0 N–H and O–H groups in total. The van der Waals surface area contributed by atoms with Crippen molar-refractivity contribution in [2.24, 2.45) is 5.92 Å². The van der Waals surface area contributed by atoms with Gasteiger partial charge in [0.25, 0.3) is 0 Å². The van der Waals surface area contributed by atoms with E-state index in [9.17, 15) is 13.2 Å². The molecule has 0 amide bonds. The van der Waals surface area contributed by atoms with Gasteiger partial charge in [-0.3, -0.25) is 0 Å². The van der Waals surface area contributed by atoms with Crippen LogP contribution in [-0.4, -0.2) is 6.18 Å². The average molecular weight is 214 g/mol. The molecule has 0 radical (unpaired) electrons. The molecule has 1 unspecified atom stereocenters. The van der Waals surface area contributed by atoms with Crippen LogP contribution in [0.3, 0.4) is 0 Å². The fraction of sp³-hybridized carbons (Fsp3) is 0.333. The van der Waals surface area contributed by atoms with Crippen molar-refractivity contribution in [1.82, 2.24) is 0 Å². The van der Waals surface area contributed by atoms with Crippen molar-refractivity contribution in [2.45, 2.75) is 19.5 Å². The lowest BCUT2D eigenvalue weighted by Crippen LogP contribution is -2.18. The molecule has 0 nitrogen and oxygen atoms in total. The fourth-order valence-electron chi connectivity index (χ4n) is 1.37. The van der Waals surface area contributed by atoms with Crippen LogP contribution in [0, 0.1) is 5.92 Å². The van der Waals surface area contributed by atoms with Crippen molar-refractivity contribution in [3.63, 3.8) is 0 Å². The maximum Gasteiger partial charge on any atom is 0.412 e. The maximum atomic E-state index is 12.3. The van der Waals surface area contributed by atoms with E-state index in [0.717, 1.165) is 5.56 Å². The molecule has 0 saturated carbocycles. The van der Waals surface area contributed by atoms with Crippen molar-refractivity contribution >= 4 is 0 Å². The Labute approximate surface area is 87.4 Å². The first-order valence-electron chi connectivity index (χ1n) is 4.71. The highest BCUT2D eigenvalue weighted by atomic mass is 19.4. The number of hydrogen-bond donors (Lipinski definition) is 0. The fourth-order valence-corrected chi connectivity index (χ4v) is 1.37. The van der Waals surface area contributed by atoms with Crippen LogP contribution in [0.2, 0.25) is 0 Å². The predicted molar refractivity (Wildman–Crippen MR) is 54.5 cm³/mol. The Morgan fingerprint density at radius 2 is 1.80 bits per heavy atom. The minimum atomic E-state index is -4.28. The first-order valence-corrected chi connectivity index (χ1v) is 4.71. The molecule has 0 aliphatic carbocycles. The third-order valence-corrected chi connectivity index (χ3v) is 2.34. The predicted octanol–water partition coefficient (Wildman–Crippen LogP) is 3.98. The summed E-state index contributed by atoms with van der Waals surface area (Å²) in [6.07, 6.45) is -3.91. The van der Waals surface area contributed by atoms with Gasteiger partial charge in [0.2, 0.25) is 0 Å². The second-order valence-electron chi connectivity index (χ2n) is 3.61. The van der Waals surface area contributed by atoms with Gasteiger partial charge < -0.3 is 0 Å². The molecule has 0 aliphatic rings. The zero-order chi connectivity index (χ0) is 11.5. The number of allylic oxidation sites excluding steroid dienone is 1. The van der Waals surface area contributed by atoms with E-state index in [1.54, 1.807) is 6.92 Å². The molecule has 0 heterocycles. The van der Waals surface area contributed by atoms with Crippen molar-refractivity contribution < 1.29 is 13.2 Å². The molecule has 1 atom stereocenters. The first-order chi connectivity index (χ1) is 6.91. The van der Waals surface area contributed by atoms with Crippen molar-refractivity contribution in [3.05, 3.63) is 48.0 Å². The van der Waals surface area contributed by atoms with Gasteiger partial charge >= 0.3 is 6.18 Å². The van der Waals surface area contributed by atoms with Gasteiger partial charge in [-0.05, 0) is 17.9 Å². The lowest BCUT2D eigenvalue weighted by Gasteiger charge is -2.17. The van der Waals surface area contributed by atoms with Crippen molar-refractivity contribution in [2.75, 3.05) is 0 Å². The monoisotopic (exact) mass is 214 g/mol. The van der Waals surface area contributed by atoms with Crippen LogP contribution in [0.15, 0.2) is 42.5 Å². The summed E-state index contributed by atoms with van der Waals surface area (Å²) in [7, 11) is 0. The van der Waals surface area contributed by atoms with Gasteiger partial charge in [0.05, 0.1) is 0 Å². The lowest BCUT2D eigenvalue weighted by molar-refractivity contribution is -0.0978. The average Bonchev–Trinajstić information content (AvgIpc) is 2.16. The minimum absolute atomic E-state index is 0.374. The van der Waals surface area contributed by atoms with E-state index in [1.807, 2.05) is 30.3 Å². The van der Waals surface area contributed by atoms with Crippen LogP contribution in [-0.2, 0) is 6.42 Å². The molecule has 1 rings (SSSR count). The summed E-state index contributed by atoms with van der Waals surface area (Å²) in [6, 6.07) is 9.11. The van der Waals surface area contributed by atoms with Gasteiger partial charge in [-0.15, -0.1) is 0 Å². The van der Waals surface area contributed by atoms with Crippen LogP contribution < -0.4 is 0 Å². The van der Waals surface area contributed by atoms with Gasteiger partial charge in [0, 0.05) is 5.57 Å². The summed E-state index contributed by atoms with van der Waals surface area (Å²) in [5.74, 6) is -0.576. The highest BCUT2D eigenvalue weighted by Crippen LogP contribution is 2.31. The Kier molecular flexibility index (Phi) is 3.56. The van der Waals surface area contributed by atoms with Crippen LogP contribution in [0.5, 0.6) is 0 Å². The van der Waals surface area contributed by atoms with Crippen LogP contribution in [0.25, 0.3) is 0 Å². The topological polar surface area (TPSA) is 0 Å². The molecule has 3 heteroatoms. The normalized spacial score (nSPS) is 13.6. The third kappa shape index (κ3) is 3.42. The Hall–Kier alpha value is -1.25. The SMILES string of the molecule is C=C(C(C)Cc1ccccc1)C(F)(F)F. The Morgan fingerprint density at radius 3 is 2.27 bits per heavy atom. The van der Waals surface area contributed by atoms with E-state index in [4.69, 9.17) is 0 Å². The van der Waals surface area contributed by atoms with Crippen LogP contribution in [0.4, 0.5) is 13.2 Å². The molecule has 0 saturated heterocycles. The minimum Gasteiger partial charge on any atom is -0.166 e. The summed E-state index contributed by atoms with van der Waals surface area (Å²) < 4.78 is 36.9. The molecule has 0 bridgehead atoms. The Balaban J connectivity index is 2.65. The van der Waals surface area contributed by atoms with E-state index in [2.05, 4.69) is 6.58 Å². The van der Waals surface area contributed by atoms with E-state index < -0.39 is 17.7 Å². The smallest absolute Gasteiger partial charge is 0.166 e. The summed E-state index contributed by atoms with van der Waals surface area (Å²) in [5.41, 5.74) is 0.238. The molecular formula is C12H13F3. The second-order valence-corrected chi connectivity index (χ2v) is 3.61. The summed E-state index contributed by atoms with van der Waals surface area (Å²) in [6.45, 7) is 4.64.